The van der Waals surface area contributed by atoms with Gasteiger partial charge in [-0.2, -0.15) is 0 Å². The number of carbonyl (C=O) groups is 1. The van der Waals surface area contributed by atoms with E-state index >= 15 is 0 Å². The number of carbonyl (C=O) groups excluding carboxylic acids is 1. The third-order valence-electron chi connectivity index (χ3n) is 13.7. The smallest absolute Gasteiger partial charge is 0.220 e. The Balaban J connectivity index is 1.72. The third kappa shape index (κ3) is 29.7. The van der Waals surface area contributed by atoms with Crippen LogP contribution in [0.4, 0.5) is 0 Å². The molecular formula is C58H103NO13. The number of hydrogen-bond acceptors (Lipinski definition) is 13. The maximum atomic E-state index is 13.2. The standard InChI is InChI=1S/C58H103NO13/c1-3-5-7-9-11-13-15-16-17-18-19-20-21-22-23-24-25-26-27-28-29-30-32-34-36-38-40-42-50(63)59-46(47(62)41-39-37-35-33-31-14-12-10-8-6-4-2)45-69-57-55(68)53(66)56(49(44-61)71-57)72-58-54(67)52(65)51(64)48(43-60)70-58/h15-16,18-19,21-22,31,33,39,41,46-49,51-58,60-62,64-68H,3-14,17,20,23-30,32,34-38,40,42-45H2,1-2H3,(H,59,63)/b16-15-,19-18-,22-21-,33-31+,41-39+. The van der Waals surface area contributed by atoms with Crippen molar-refractivity contribution in [1.29, 1.82) is 0 Å². The van der Waals surface area contributed by atoms with Crippen LogP contribution in [0.1, 0.15) is 206 Å². The lowest BCUT2D eigenvalue weighted by Gasteiger charge is -2.46. The fourth-order valence-electron chi connectivity index (χ4n) is 9.02. The largest absolute Gasteiger partial charge is 0.394 e. The number of allylic oxidation sites excluding steroid dienone is 9. The monoisotopic (exact) mass is 1020 g/mol. The summed E-state index contributed by atoms with van der Waals surface area (Å²) in [6.07, 6.45) is 38.5. The molecule has 418 valence electrons. The van der Waals surface area contributed by atoms with Gasteiger partial charge in [-0.25, -0.2) is 0 Å². The van der Waals surface area contributed by atoms with Gasteiger partial charge in [0.05, 0.1) is 32.0 Å². The average molecular weight is 1020 g/mol. The van der Waals surface area contributed by atoms with Crippen LogP contribution < -0.4 is 5.32 Å². The molecule has 0 saturated carbocycles. The number of unbranched alkanes of at least 4 members (excludes halogenated alkanes) is 23. The summed E-state index contributed by atoms with van der Waals surface area (Å²) >= 11 is 0. The minimum Gasteiger partial charge on any atom is -0.394 e. The summed E-state index contributed by atoms with van der Waals surface area (Å²) in [4.78, 5) is 13.2. The topological polar surface area (TPSA) is 228 Å². The first-order chi connectivity index (χ1) is 35.1. The Kier molecular flexibility index (Phi) is 40.1. The lowest BCUT2D eigenvalue weighted by Crippen LogP contribution is -2.65. The van der Waals surface area contributed by atoms with Crippen molar-refractivity contribution in [3.63, 3.8) is 0 Å². The molecular weight excluding hydrogens is 919 g/mol. The van der Waals surface area contributed by atoms with Gasteiger partial charge in [0, 0.05) is 6.42 Å². The van der Waals surface area contributed by atoms with Crippen molar-refractivity contribution in [2.75, 3.05) is 19.8 Å². The molecule has 0 aromatic rings. The average Bonchev–Trinajstić information content (AvgIpc) is 3.38. The van der Waals surface area contributed by atoms with E-state index in [-0.39, 0.29) is 18.9 Å². The molecule has 12 unspecified atom stereocenters. The molecule has 14 heteroatoms. The second kappa shape index (κ2) is 43.9. The molecule has 2 heterocycles. The maximum Gasteiger partial charge on any atom is 0.220 e. The van der Waals surface area contributed by atoms with Gasteiger partial charge in [-0.05, 0) is 70.6 Å². The van der Waals surface area contributed by atoms with Crippen LogP contribution in [0.2, 0.25) is 0 Å². The van der Waals surface area contributed by atoms with Crippen LogP contribution in [-0.2, 0) is 23.7 Å². The normalized spacial score (nSPS) is 26.0. The highest BCUT2D eigenvalue weighted by Gasteiger charge is 2.51. The molecule has 9 N–H and O–H groups in total. The molecule has 14 nitrogen and oxygen atoms in total. The van der Waals surface area contributed by atoms with Gasteiger partial charge in [-0.3, -0.25) is 4.79 Å². The summed E-state index contributed by atoms with van der Waals surface area (Å²) < 4.78 is 22.7. The minimum atomic E-state index is -1.79. The Morgan fingerprint density at radius 3 is 1.46 bits per heavy atom. The SMILES string of the molecule is CCCCCCC/C=C\C/C=C\C/C=C\CCCCCCCCCCCCCCC(=O)NC(COC1OC(CO)C(OC2OC(CO)C(O)C(O)C2O)C(O)C1O)C(O)/C=C/CC/C=C/CCCCCCC. The zero-order valence-electron chi connectivity index (χ0n) is 44.7. The highest BCUT2D eigenvalue weighted by atomic mass is 16.7. The van der Waals surface area contributed by atoms with E-state index in [0.29, 0.717) is 12.8 Å². The summed E-state index contributed by atoms with van der Waals surface area (Å²) in [6.45, 7) is 2.72. The lowest BCUT2D eigenvalue weighted by molar-refractivity contribution is -0.359. The van der Waals surface area contributed by atoms with E-state index in [1.165, 1.54) is 128 Å². The molecule has 0 aromatic carbocycles. The molecule has 1 amide bonds. The zero-order chi connectivity index (χ0) is 52.4. The molecule has 0 bridgehead atoms. The van der Waals surface area contributed by atoms with Crippen LogP contribution in [-0.4, -0.2) is 140 Å². The van der Waals surface area contributed by atoms with Gasteiger partial charge < -0.3 is 65.1 Å². The molecule has 2 aliphatic rings. The number of hydrogen-bond donors (Lipinski definition) is 9. The van der Waals surface area contributed by atoms with Crippen molar-refractivity contribution in [2.45, 2.75) is 280 Å². The number of amides is 1. The van der Waals surface area contributed by atoms with E-state index < -0.39 is 86.8 Å². The molecule has 2 rings (SSSR count). The Hall–Kier alpha value is -2.31. The number of aliphatic hydroxyl groups is 8. The molecule has 72 heavy (non-hydrogen) atoms. The molecule has 12 atom stereocenters. The number of ether oxygens (including phenoxy) is 4. The van der Waals surface area contributed by atoms with Crippen LogP contribution in [0.5, 0.6) is 0 Å². The first-order valence-electron chi connectivity index (χ1n) is 28.5. The summed E-state index contributed by atoms with van der Waals surface area (Å²) in [5.41, 5.74) is 0. The van der Waals surface area contributed by atoms with Crippen molar-refractivity contribution in [2.24, 2.45) is 0 Å². The van der Waals surface area contributed by atoms with Crippen molar-refractivity contribution in [3.8, 4) is 0 Å². The Labute approximate surface area is 435 Å². The fourth-order valence-corrected chi connectivity index (χ4v) is 9.02. The van der Waals surface area contributed by atoms with Crippen LogP contribution >= 0.6 is 0 Å². The van der Waals surface area contributed by atoms with Gasteiger partial charge in [0.1, 0.15) is 48.8 Å². The maximum absolute atomic E-state index is 13.2. The Morgan fingerprint density at radius 1 is 0.500 bits per heavy atom. The second-order valence-electron chi connectivity index (χ2n) is 20.1. The Morgan fingerprint density at radius 2 is 0.931 bits per heavy atom. The van der Waals surface area contributed by atoms with Crippen molar-refractivity contribution in [1.82, 2.24) is 5.32 Å². The van der Waals surface area contributed by atoms with Gasteiger partial charge in [0.15, 0.2) is 12.6 Å². The van der Waals surface area contributed by atoms with E-state index in [1.54, 1.807) is 6.08 Å². The Bertz CT molecular complexity index is 1440. The van der Waals surface area contributed by atoms with E-state index in [2.05, 4.69) is 67.8 Å². The highest BCUT2D eigenvalue weighted by molar-refractivity contribution is 5.76. The summed E-state index contributed by atoms with van der Waals surface area (Å²) in [7, 11) is 0. The van der Waals surface area contributed by atoms with Crippen molar-refractivity contribution in [3.05, 3.63) is 60.8 Å². The second-order valence-corrected chi connectivity index (χ2v) is 20.1. The van der Waals surface area contributed by atoms with Crippen molar-refractivity contribution < 1.29 is 64.6 Å². The van der Waals surface area contributed by atoms with E-state index in [4.69, 9.17) is 18.9 Å². The zero-order valence-corrected chi connectivity index (χ0v) is 44.7. The van der Waals surface area contributed by atoms with Gasteiger partial charge in [0.25, 0.3) is 0 Å². The first-order valence-corrected chi connectivity index (χ1v) is 28.5. The summed E-state index contributed by atoms with van der Waals surface area (Å²) in [5.74, 6) is -0.255. The van der Waals surface area contributed by atoms with Gasteiger partial charge in [-0.15, -0.1) is 0 Å². The third-order valence-corrected chi connectivity index (χ3v) is 13.7. The molecule has 0 spiro atoms. The molecule has 0 aromatic heterocycles. The fraction of sp³-hybridized carbons (Fsp3) is 0.810. The lowest BCUT2D eigenvalue weighted by atomic mass is 9.97. The predicted octanol–water partition coefficient (Wildman–Crippen LogP) is 9.00. The summed E-state index contributed by atoms with van der Waals surface area (Å²) in [6, 6.07) is -0.933. The van der Waals surface area contributed by atoms with Crippen LogP contribution in [0, 0.1) is 0 Å². The minimum absolute atomic E-state index is 0.255. The molecule has 0 radical (unpaired) electrons. The molecule has 0 aliphatic carbocycles. The van der Waals surface area contributed by atoms with Crippen molar-refractivity contribution >= 4 is 5.91 Å². The molecule has 2 saturated heterocycles. The highest BCUT2D eigenvalue weighted by Crippen LogP contribution is 2.30. The summed E-state index contributed by atoms with van der Waals surface area (Å²) in [5, 5.41) is 86.8. The van der Waals surface area contributed by atoms with E-state index in [0.717, 1.165) is 44.9 Å². The van der Waals surface area contributed by atoms with Gasteiger partial charge >= 0.3 is 0 Å². The van der Waals surface area contributed by atoms with Crippen LogP contribution in [0.25, 0.3) is 0 Å². The van der Waals surface area contributed by atoms with Crippen LogP contribution in [0.3, 0.4) is 0 Å². The predicted molar refractivity (Wildman–Crippen MR) is 286 cm³/mol. The van der Waals surface area contributed by atoms with E-state index in [1.807, 2.05) is 6.08 Å². The van der Waals surface area contributed by atoms with Gasteiger partial charge in [0.2, 0.25) is 5.91 Å². The van der Waals surface area contributed by atoms with Gasteiger partial charge in [-0.1, -0.05) is 190 Å². The van der Waals surface area contributed by atoms with Crippen LogP contribution in [0.15, 0.2) is 60.8 Å². The number of rotatable bonds is 44. The molecule has 2 fully saturated rings. The van der Waals surface area contributed by atoms with E-state index in [9.17, 15) is 45.6 Å². The number of nitrogens with one attached hydrogen (secondary N) is 1. The quantitative estimate of drug-likeness (QED) is 0.0205. The molecule has 2 aliphatic heterocycles. The number of aliphatic hydroxyl groups excluding tert-OH is 8. The first kappa shape index (κ1) is 65.8.